The molecule has 1 saturated carbocycles. The van der Waals surface area contributed by atoms with Crippen LogP contribution in [0.1, 0.15) is 28.8 Å². The molecule has 4 heteroatoms. The van der Waals surface area contributed by atoms with Crippen molar-refractivity contribution in [3.63, 3.8) is 0 Å². The molecule has 0 radical (unpaired) electrons. The van der Waals surface area contributed by atoms with E-state index in [1.165, 1.54) is 0 Å². The number of carbonyl (C=O) groups is 1. The first kappa shape index (κ1) is 12.0. The molecule has 1 saturated heterocycles. The molecule has 0 bridgehead atoms. The molecule has 0 atom stereocenters. The van der Waals surface area contributed by atoms with E-state index >= 15 is 0 Å². The van der Waals surface area contributed by atoms with Gasteiger partial charge in [-0.25, -0.2) is 0 Å². The van der Waals surface area contributed by atoms with Gasteiger partial charge in [0.15, 0.2) is 0 Å². The quantitative estimate of drug-likeness (QED) is 0.891. The van der Waals surface area contributed by atoms with Gasteiger partial charge >= 0.3 is 0 Å². The molecule has 1 aliphatic heterocycles. The highest BCUT2D eigenvalue weighted by Crippen LogP contribution is 2.44. The molecule has 18 heavy (non-hydrogen) atoms. The predicted octanol–water partition coefficient (Wildman–Crippen LogP) is 2.25. The fourth-order valence-electron chi connectivity index (χ4n) is 2.63. The third-order valence-electron chi connectivity index (χ3n) is 3.98. The summed E-state index contributed by atoms with van der Waals surface area (Å²) in [5.41, 5.74) is 0.939. The number of nitrogens with zero attached hydrogens (tertiary/aromatic N) is 1. The number of benzene rings is 1. The lowest BCUT2D eigenvalue weighted by Gasteiger charge is -2.47. The lowest BCUT2D eigenvalue weighted by atomic mass is 9.88. The van der Waals surface area contributed by atoms with Crippen molar-refractivity contribution in [1.82, 2.24) is 4.90 Å². The molecule has 2 aliphatic rings. The van der Waals surface area contributed by atoms with E-state index < -0.39 is 5.60 Å². The zero-order chi connectivity index (χ0) is 12.9. The number of hydrogen-bond acceptors (Lipinski definition) is 2. The third-order valence-corrected chi connectivity index (χ3v) is 4.22. The Morgan fingerprint density at radius 3 is 2.72 bits per heavy atom. The normalized spacial score (nSPS) is 21.6. The van der Waals surface area contributed by atoms with Crippen LogP contribution in [0.15, 0.2) is 18.2 Å². The summed E-state index contributed by atoms with van der Waals surface area (Å²) in [4.78, 5) is 14.0. The summed E-state index contributed by atoms with van der Waals surface area (Å²) < 4.78 is 0. The number of amides is 1. The lowest BCUT2D eigenvalue weighted by molar-refractivity contribution is -0.0958. The van der Waals surface area contributed by atoms with Gasteiger partial charge in [0, 0.05) is 10.6 Å². The molecule has 1 N–H and O–H groups in total. The van der Waals surface area contributed by atoms with Gasteiger partial charge in [-0.1, -0.05) is 17.7 Å². The Labute approximate surface area is 111 Å². The Kier molecular flexibility index (Phi) is 2.65. The van der Waals surface area contributed by atoms with Crippen LogP contribution < -0.4 is 0 Å². The van der Waals surface area contributed by atoms with Gasteiger partial charge in [0.05, 0.1) is 13.1 Å². The van der Waals surface area contributed by atoms with Crippen LogP contribution in [0.3, 0.4) is 0 Å². The molecular formula is C14H16ClNO2. The lowest BCUT2D eigenvalue weighted by Crippen LogP contribution is -2.64. The van der Waals surface area contributed by atoms with E-state index in [4.69, 9.17) is 11.6 Å². The average molecular weight is 266 g/mol. The monoisotopic (exact) mass is 265 g/mol. The number of β-amino-alcohol motifs (C(OH)–C–C–N with tert-alkyl or cyclic N) is 1. The maximum absolute atomic E-state index is 12.3. The van der Waals surface area contributed by atoms with E-state index in [9.17, 15) is 9.90 Å². The maximum atomic E-state index is 12.3. The van der Waals surface area contributed by atoms with Crippen LogP contribution in [0, 0.1) is 12.8 Å². The number of likely N-dealkylation sites (tertiary alicyclic amines) is 1. The van der Waals surface area contributed by atoms with Crippen molar-refractivity contribution >= 4 is 17.5 Å². The second kappa shape index (κ2) is 3.97. The van der Waals surface area contributed by atoms with Crippen LogP contribution in [0.4, 0.5) is 0 Å². The summed E-state index contributed by atoms with van der Waals surface area (Å²) >= 11 is 5.92. The second-order valence-electron chi connectivity index (χ2n) is 5.50. The molecule has 2 fully saturated rings. The molecule has 0 unspecified atom stereocenters. The Morgan fingerprint density at radius 2 is 2.11 bits per heavy atom. The zero-order valence-corrected chi connectivity index (χ0v) is 11.1. The van der Waals surface area contributed by atoms with Crippen molar-refractivity contribution in [3.8, 4) is 0 Å². The molecule has 1 aromatic carbocycles. The fourth-order valence-corrected chi connectivity index (χ4v) is 2.80. The van der Waals surface area contributed by atoms with Gasteiger partial charge < -0.3 is 10.0 Å². The van der Waals surface area contributed by atoms with Gasteiger partial charge in [0.2, 0.25) is 0 Å². The van der Waals surface area contributed by atoms with Crippen LogP contribution in [0.25, 0.3) is 0 Å². The van der Waals surface area contributed by atoms with E-state index in [2.05, 4.69) is 0 Å². The van der Waals surface area contributed by atoms with E-state index in [1.54, 1.807) is 17.0 Å². The second-order valence-corrected chi connectivity index (χ2v) is 5.93. The molecule has 3 nitrogen and oxygen atoms in total. The highest BCUT2D eigenvalue weighted by Gasteiger charge is 2.53. The molecule has 1 aromatic rings. The SMILES string of the molecule is Cc1ccc(Cl)cc1C(=O)N1CC(O)(C2CC2)C1. The fraction of sp³-hybridized carbons (Fsp3) is 0.500. The first-order valence-electron chi connectivity index (χ1n) is 6.27. The Hall–Kier alpha value is -1.06. The minimum Gasteiger partial charge on any atom is -0.386 e. The summed E-state index contributed by atoms with van der Waals surface area (Å²) in [5.74, 6) is 0.377. The summed E-state index contributed by atoms with van der Waals surface area (Å²) in [5, 5.41) is 10.8. The van der Waals surface area contributed by atoms with Crippen molar-refractivity contribution < 1.29 is 9.90 Å². The first-order chi connectivity index (χ1) is 8.49. The summed E-state index contributed by atoms with van der Waals surface area (Å²) in [6.07, 6.45) is 2.18. The summed E-state index contributed by atoms with van der Waals surface area (Å²) in [7, 11) is 0. The summed E-state index contributed by atoms with van der Waals surface area (Å²) in [6.45, 7) is 2.82. The number of aliphatic hydroxyl groups is 1. The topological polar surface area (TPSA) is 40.5 Å². The Bertz CT molecular complexity index is 505. The van der Waals surface area contributed by atoms with E-state index in [0.717, 1.165) is 18.4 Å². The van der Waals surface area contributed by atoms with Crippen molar-refractivity contribution in [2.75, 3.05) is 13.1 Å². The third kappa shape index (κ3) is 1.91. The molecule has 1 amide bonds. The molecule has 0 aromatic heterocycles. The standard InChI is InChI=1S/C14H16ClNO2/c1-9-2-5-11(15)6-12(9)13(17)16-7-14(18,8-16)10-3-4-10/h2,5-6,10,18H,3-4,7-8H2,1H3. The van der Waals surface area contributed by atoms with Crippen LogP contribution in [-0.2, 0) is 0 Å². The smallest absolute Gasteiger partial charge is 0.254 e. The Morgan fingerprint density at radius 1 is 1.44 bits per heavy atom. The van der Waals surface area contributed by atoms with Gasteiger partial charge in [0.25, 0.3) is 5.91 Å². The van der Waals surface area contributed by atoms with Crippen LogP contribution in [-0.4, -0.2) is 34.6 Å². The van der Waals surface area contributed by atoms with E-state index in [0.29, 0.717) is 29.6 Å². The van der Waals surface area contributed by atoms with Crippen LogP contribution in [0.5, 0.6) is 0 Å². The van der Waals surface area contributed by atoms with Gasteiger partial charge in [-0.05, 0) is 43.4 Å². The maximum Gasteiger partial charge on any atom is 0.254 e. The van der Waals surface area contributed by atoms with Crippen LogP contribution in [0.2, 0.25) is 5.02 Å². The highest BCUT2D eigenvalue weighted by molar-refractivity contribution is 6.31. The number of rotatable bonds is 2. The highest BCUT2D eigenvalue weighted by atomic mass is 35.5. The molecule has 1 heterocycles. The van der Waals surface area contributed by atoms with Gasteiger partial charge in [-0.15, -0.1) is 0 Å². The van der Waals surface area contributed by atoms with Gasteiger partial charge in [-0.3, -0.25) is 4.79 Å². The van der Waals surface area contributed by atoms with Crippen molar-refractivity contribution in [1.29, 1.82) is 0 Å². The molecular weight excluding hydrogens is 250 g/mol. The number of aryl methyl sites for hydroxylation is 1. The predicted molar refractivity (Wildman–Crippen MR) is 69.8 cm³/mol. The zero-order valence-electron chi connectivity index (χ0n) is 10.3. The molecule has 0 spiro atoms. The molecule has 1 aliphatic carbocycles. The number of halogens is 1. The van der Waals surface area contributed by atoms with Crippen molar-refractivity contribution in [2.24, 2.45) is 5.92 Å². The summed E-state index contributed by atoms with van der Waals surface area (Å²) in [6, 6.07) is 5.33. The minimum absolute atomic E-state index is 0.0275. The van der Waals surface area contributed by atoms with Gasteiger partial charge in [-0.2, -0.15) is 0 Å². The van der Waals surface area contributed by atoms with E-state index in [1.807, 2.05) is 13.0 Å². The number of carbonyl (C=O) groups excluding carboxylic acids is 1. The van der Waals surface area contributed by atoms with E-state index in [-0.39, 0.29) is 5.91 Å². The molecule has 96 valence electrons. The van der Waals surface area contributed by atoms with Crippen molar-refractivity contribution in [2.45, 2.75) is 25.4 Å². The van der Waals surface area contributed by atoms with Crippen LogP contribution >= 0.6 is 11.6 Å². The van der Waals surface area contributed by atoms with Gasteiger partial charge in [0.1, 0.15) is 5.60 Å². The minimum atomic E-state index is -0.623. The largest absolute Gasteiger partial charge is 0.386 e. The molecule has 3 rings (SSSR count). The average Bonchev–Trinajstić information content (AvgIpc) is 3.11. The number of hydrogen-bond donors (Lipinski definition) is 1. The Balaban J connectivity index is 1.74. The van der Waals surface area contributed by atoms with Crippen molar-refractivity contribution in [3.05, 3.63) is 34.3 Å². The first-order valence-corrected chi connectivity index (χ1v) is 6.65.